The molecule has 3 aliphatic heterocycles. The van der Waals surface area contributed by atoms with Crippen molar-refractivity contribution in [2.75, 3.05) is 51.2 Å². The molecule has 0 radical (unpaired) electrons. The normalized spacial score (nSPS) is 22.2. The molecule has 4 atom stereocenters. The molecule has 4 amide bonds. The first-order valence-electron chi connectivity index (χ1n) is 15.2. The standard InChI is InChI=1S/C31H46N6O5/c1-6-7-24(32-21(4)38)30(41)37-19-27(39)28-26(37)12-13-36(28)31(42)25(18-20(2)3)33-29(40)22-8-10-23(11-9-22)35-16-14-34(5)15-17-35/h8-11,20,24-26,28H,6-7,12-19H2,1-5H3,(H,32,38)(H,33,40). The van der Waals surface area contributed by atoms with E-state index in [1.807, 2.05) is 32.9 Å². The van der Waals surface area contributed by atoms with Gasteiger partial charge in [-0.2, -0.15) is 0 Å². The number of carbonyl (C=O) groups excluding carboxylic acids is 5. The van der Waals surface area contributed by atoms with Crippen LogP contribution in [-0.4, -0.2) is 115 Å². The monoisotopic (exact) mass is 582 g/mol. The van der Waals surface area contributed by atoms with Crippen molar-refractivity contribution in [1.82, 2.24) is 25.3 Å². The Morgan fingerprint density at radius 1 is 0.905 bits per heavy atom. The molecule has 3 aliphatic rings. The van der Waals surface area contributed by atoms with E-state index in [-0.39, 0.29) is 41.9 Å². The molecular formula is C31H46N6O5. The lowest BCUT2D eigenvalue weighted by atomic mass is 10.0. The Morgan fingerprint density at radius 2 is 1.55 bits per heavy atom. The second kappa shape index (κ2) is 13.7. The Labute approximate surface area is 248 Å². The maximum atomic E-state index is 13.9. The summed E-state index contributed by atoms with van der Waals surface area (Å²) >= 11 is 0. The molecule has 4 rings (SSSR count). The SMILES string of the molecule is CCCC(NC(C)=O)C(=O)N1CC(=O)C2C1CCN2C(=O)C(CC(C)C)NC(=O)c1ccc(N2CCN(C)CC2)cc1. The van der Waals surface area contributed by atoms with Gasteiger partial charge in [-0.3, -0.25) is 24.0 Å². The fourth-order valence-electron chi connectivity index (χ4n) is 6.37. The van der Waals surface area contributed by atoms with E-state index in [9.17, 15) is 24.0 Å². The minimum absolute atomic E-state index is 0.0847. The molecule has 1 aromatic carbocycles. The van der Waals surface area contributed by atoms with Crippen LogP contribution in [0.15, 0.2) is 24.3 Å². The zero-order valence-corrected chi connectivity index (χ0v) is 25.6. The van der Waals surface area contributed by atoms with Crippen molar-refractivity contribution >= 4 is 35.1 Å². The number of carbonyl (C=O) groups is 5. The topological polar surface area (TPSA) is 122 Å². The van der Waals surface area contributed by atoms with Crippen molar-refractivity contribution in [3.63, 3.8) is 0 Å². The number of amides is 4. The highest BCUT2D eigenvalue weighted by Gasteiger charge is 2.53. The third-order valence-electron chi connectivity index (χ3n) is 8.55. The molecule has 0 bridgehead atoms. The van der Waals surface area contributed by atoms with E-state index in [2.05, 4.69) is 27.5 Å². The highest BCUT2D eigenvalue weighted by molar-refractivity contribution is 6.01. The van der Waals surface area contributed by atoms with Crippen LogP contribution in [0.1, 0.15) is 63.7 Å². The van der Waals surface area contributed by atoms with E-state index in [4.69, 9.17) is 0 Å². The van der Waals surface area contributed by atoms with Crippen LogP contribution < -0.4 is 15.5 Å². The van der Waals surface area contributed by atoms with E-state index in [0.717, 1.165) is 31.9 Å². The summed E-state index contributed by atoms with van der Waals surface area (Å²) in [4.78, 5) is 73.1. The van der Waals surface area contributed by atoms with Gasteiger partial charge in [0.2, 0.25) is 17.7 Å². The van der Waals surface area contributed by atoms with Crippen LogP contribution in [0, 0.1) is 5.92 Å². The quantitative estimate of drug-likeness (QED) is 0.426. The number of fused-ring (bicyclic) bond motifs is 1. The molecule has 0 aliphatic carbocycles. The second-order valence-electron chi connectivity index (χ2n) is 12.3. The van der Waals surface area contributed by atoms with Gasteiger partial charge in [0.15, 0.2) is 5.78 Å². The number of benzene rings is 1. The average Bonchev–Trinajstić information content (AvgIpc) is 3.53. The number of hydrogen-bond donors (Lipinski definition) is 2. The van der Waals surface area contributed by atoms with Crippen molar-refractivity contribution in [2.45, 2.75) is 77.5 Å². The smallest absolute Gasteiger partial charge is 0.251 e. The summed E-state index contributed by atoms with van der Waals surface area (Å²) in [6.45, 7) is 11.4. The number of piperazine rings is 1. The molecule has 3 heterocycles. The van der Waals surface area contributed by atoms with Gasteiger partial charge in [-0.15, -0.1) is 0 Å². The molecule has 0 saturated carbocycles. The molecule has 3 fully saturated rings. The number of rotatable bonds is 10. The maximum absolute atomic E-state index is 13.9. The van der Waals surface area contributed by atoms with Crippen molar-refractivity contribution in [3.8, 4) is 0 Å². The number of likely N-dealkylation sites (N-methyl/N-ethyl adjacent to an activating group) is 1. The number of nitrogens with zero attached hydrogens (tertiary/aromatic N) is 4. The third kappa shape index (κ3) is 7.11. The molecule has 230 valence electrons. The number of likely N-dealkylation sites (tertiary alicyclic amines) is 2. The highest BCUT2D eigenvalue weighted by Crippen LogP contribution is 2.31. The maximum Gasteiger partial charge on any atom is 0.251 e. The van der Waals surface area contributed by atoms with Gasteiger partial charge in [0, 0.05) is 50.9 Å². The predicted molar refractivity (Wildman–Crippen MR) is 160 cm³/mol. The van der Waals surface area contributed by atoms with E-state index >= 15 is 0 Å². The van der Waals surface area contributed by atoms with Crippen LogP contribution in [-0.2, 0) is 19.2 Å². The number of anilines is 1. The Balaban J connectivity index is 1.44. The molecule has 42 heavy (non-hydrogen) atoms. The molecular weight excluding hydrogens is 536 g/mol. The summed E-state index contributed by atoms with van der Waals surface area (Å²) in [6, 6.07) is 4.81. The minimum Gasteiger partial charge on any atom is -0.369 e. The lowest BCUT2D eigenvalue weighted by molar-refractivity contribution is -0.138. The number of Topliss-reactive ketones (excluding diaryl/α,β-unsaturated/α-hetero) is 1. The Bertz CT molecular complexity index is 1160. The molecule has 3 saturated heterocycles. The molecule has 11 nitrogen and oxygen atoms in total. The first-order chi connectivity index (χ1) is 20.0. The lowest BCUT2D eigenvalue weighted by Crippen LogP contribution is -2.53. The van der Waals surface area contributed by atoms with Crippen LogP contribution in [0.5, 0.6) is 0 Å². The summed E-state index contributed by atoms with van der Waals surface area (Å²) in [6.07, 6.45) is 2.08. The summed E-state index contributed by atoms with van der Waals surface area (Å²) in [5, 5.41) is 5.65. The van der Waals surface area contributed by atoms with Crippen LogP contribution in [0.4, 0.5) is 5.69 Å². The molecule has 1 aromatic rings. The third-order valence-corrected chi connectivity index (χ3v) is 8.55. The van der Waals surface area contributed by atoms with Crippen LogP contribution in [0.25, 0.3) is 0 Å². The fraction of sp³-hybridized carbons (Fsp3) is 0.645. The van der Waals surface area contributed by atoms with E-state index < -0.39 is 24.2 Å². The van der Waals surface area contributed by atoms with Crippen molar-refractivity contribution in [2.24, 2.45) is 5.92 Å². The summed E-state index contributed by atoms with van der Waals surface area (Å²) in [7, 11) is 2.11. The summed E-state index contributed by atoms with van der Waals surface area (Å²) in [5.41, 5.74) is 1.54. The van der Waals surface area contributed by atoms with Gasteiger partial charge in [0.1, 0.15) is 18.1 Å². The Hall–Kier alpha value is -3.47. The Kier molecular flexibility index (Phi) is 10.2. The molecule has 11 heteroatoms. The van der Waals surface area contributed by atoms with Gasteiger partial charge in [0.25, 0.3) is 5.91 Å². The van der Waals surface area contributed by atoms with Gasteiger partial charge in [-0.1, -0.05) is 27.2 Å². The first-order valence-corrected chi connectivity index (χ1v) is 15.2. The molecule has 0 spiro atoms. The largest absolute Gasteiger partial charge is 0.369 e. The highest BCUT2D eigenvalue weighted by atomic mass is 16.2. The van der Waals surface area contributed by atoms with E-state index in [0.29, 0.717) is 37.8 Å². The number of nitrogens with one attached hydrogen (secondary N) is 2. The Morgan fingerprint density at radius 3 is 2.14 bits per heavy atom. The zero-order valence-electron chi connectivity index (χ0n) is 25.6. The van der Waals surface area contributed by atoms with Gasteiger partial charge in [0.05, 0.1) is 12.6 Å². The van der Waals surface area contributed by atoms with E-state index in [1.54, 1.807) is 17.0 Å². The van der Waals surface area contributed by atoms with Gasteiger partial charge in [-0.05, 0) is 56.5 Å². The molecule has 0 aromatic heterocycles. The zero-order chi connectivity index (χ0) is 30.6. The van der Waals surface area contributed by atoms with Crippen molar-refractivity contribution in [1.29, 1.82) is 0 Å². The summed E-state index contributed by atoms with van der Waals surface area (Å²) in [5.74, 6) is -1.27. The van der Waals surface area contributed by atoms with E-state index in [1.165, 1.54) is 11.8 Å². The number of hydrogen-bond acceptors (Lipinski definition) is 7. The molecule has 2 N–H and O–H groups in total. The number of ketones is 1. The first kappa shape index (κ1) is 31.5. The van der Waals surface area contributed by atoms with Crippen LogP contribution in [0.3, 0.4) is 0 Å². The summed E-state index contributed by atoms with van der Waals surface area (Å²) < 4.78 is 0. The van der Waals surface area contributed by atoms with Crippen LogP contribution in [0.2, 0.25) is 0 Å². The predicted octanol–water partition coefficient (Wildman–Crippen LogP) is 1.27. The van der Waals surface area contributed by atoms with Crippen molar-refractivity contribution < 1.29 is 24.0 Å². The average molecular weight is 583 g/mol. The van der Waals surface area contributed by atoms with Crippen LogP contribution >= 0.6 is 0 Å². The lowest BCUT2D eigenvalue weighted by Gasteiger charge is -2.34. The minimum atomic E-state index is -0.793. The molecule has 4 unspecified atom stereocenters. The van der Waals surface area contributed by atoms with Gasteiger partial charge < -0.3 is 30.2 Å². The van der Waals surface area contributed by atoms with Gasteiger partial charge in [-0.25, -0.2) is 0 Å². The van der Waals surface area contributed by atoms with Crippen molar-refractivity contribution in [3.05, 3.63) is 29.8 Å². The fourth-order valence-corrected chi connectivity index (χ4v) is 6.37. The second-order valence-corrected chi connectivity index (χ2v) is 12.3. The van der Waals surface area contributed by atoms with Gasteiger partial charge >= 0.3 is 0 Å².